The molecule has 1 heteroatoms. The van der Waals surface area contributed by atoms with Gasteiger partial charge in [0.25, 0.3) is 0 Å². The zero-order chi connectivity index (χ0) is 13.1. The minimum absolute atomic E-state index is 1.09. The van der Waals surface area contributed by atoms with Crippen LogP contribution >= 0.6 is 0 Å². The number of unbranched alkanes of at least 4 members (excludes halogenated alkanes) is 1. The monoisotopic (exact) mass is 249 g/mol. The van der Waals surface area contributed by atoms with Crippen LogP contribution in [-0.4, -0.2) is 4.98 Å². The molecule has 19 heavy (non-hydrogen) atoms. The molecule has 0 atom stereocenters. The fourth-order valence-electron chi connectivity index (χ4n) is 2.78. The lowest BCUT2D eigenvalue weighted by molar-refractivity contribution is 0.954. The second-order valence-corrected chi connectivity index (χ2v) is 5.07. The molecule has 0 spiro atoms. The minimum Gasteiger partial charge on any atom is -0.256 e. The Balaban J connectivity index is 2.19. The largest absolute Gasteiger partial charge is 0.256 e. The van der Waals surface area contributed by atoms with Crippen LogP contribution in [-0.2, 0) is 12.8 Å². The molecule has 1 aliphatic carbocycles. The summed E-state index contributed by atoms with van der Waals surface area (Å²) < 4.78 is 0. The second kappa shape index (κ2) is 5.40. The third-order valence-electron chi connectivity index (χ3n) is 3.75. The van der Waals surface area contributed by atoms with E-state index in [1.165, 1.54) is 34.4 Å². The van der Waals surface area contributed by atoms with Gasteiger partial charge in [-0.25, -0.2) is 0 Å². The molecule has 0 N–H and O–H groups in total. The van der Waals surface area contributed by atoms with Crippen molar-refractivity contribution in [2.45, 2.75) is 32.6 Å². The van der Waals surface area contributed by atoms with E-state index in [4.69, 9.17) is 0 Å². The molecule has 0 aliphatic heterocycles. The minimum atomic E-state index is 1.09. The number of aromatic nitrogens is 1. The molecule has 2 aromatic rings. The van der Waals surface area contributed by atoms with Crippen LogP contribution in [0.1, 0.15) is 42.1 Å². The molecule has 1 aromatic carbocycles. The van der Waals surface area contributed by atoms with Crippen LogP contribution in [0.25, 0.3) is 5.57 Å². The number of pyridine rings is 1. The van der Waals surface area contributed by atoms with Gasteiger partial charge in [-0.1, -0.05) is 49.8 Å². The van der Waals surface area contributed by atoms with Crippen molar-refractivity contribution >= 4 is 5.57 Å². The van der Waals surface area contributed by atoms with Crippen molar-refractivity contribution < 1.29 is 0 Å². The lowest BCUT2D eigenvalue weighted by Crippen LogP contribution is -1.95. The fraction of sp³-hybridized carbons (Fsp3) is 0.278. The molecule has 0 fully saturated rings. The molecule has 0 bridgehead atoms. The van der Waals surface area contributed by atoms with Gasteiger partial charge in [-0.15, -0.1) is 0 Å². The summed E-state index contributed by atoms with van der Waals surface area (Å²) in [4.78, 5) is 4.64. The molecule has 0 saturated carbocycles. The summed E-state index contributed by atoms with van der Waals surface area (Å²) >= 11 is 0. The Morgan fingerprint density at radius 3 is 2.74 bits per heavy atom. The number of rotatable bonds is 2. The van der Waals surface area contributed by atoms with Crippen molar-refractivity contribution in [3.8, 4) is 0 Å². The molecule has 1 nitrogen and oxygen atoms in total. The third-order valence-corrected chi connectivity index (χ3v) is 3.75. The van der Waals surface area contributed by atoms with Crippen LogP contribution in [0.5, 0.6) is 0 Å². The Morgan fingerprint density at radius 1 is 1.05 bits per heavy atom. The predicted molar refractivity (Wildman–Crippen MR) is 80.1 cm³/mol. The maximum absolute atomic E-state index is 4.64. The van der Waals surface area contributed by atoms with Gasteiger partial charge in [0.05, 0.1) is 5.69 Å². The smallest absolute Gasteiger partial charge is 0.0736 e. The Morgan fingerprint density at radius 2 is 1.84 bits per heavy atom. The van der Waals surface area contributed by atoms with E-state index in [0.717, 1.165) is 19.3 Å². The molecular formula is C18H19N. The second-order valence-electron chi connectivity index (χ2n) is 5.07. The average molecular weight is 249 g/mol. The van der Waals surface area contributed by atoms with Gasteiger partial charge in [0.2, 0.25) is 0 Å². The summed E-state index contributed by atoms with van der Waals surface area (Å²) in [6, 6.07) is 13.0. The van der Waals surface area contributed by atoms with E-state index in [0.29, 0.717) is 0 Å². The Hall–Kier alpha value is -1.89. The Labute approximate surface area is 115 Å². The van der Waals surface area contributed by atoms with Gasteiger partial charge in [-0.2, -0.15) is 0 Å². The number of fused-ring (bicyclic) bond motifs is 2. The SMILES string of the molecule is CCC/C=C1/c2ccccc2CCc2cccnc21. The maximum atomic E-state index is 4.64. The molecule has 1 aliphatic rings. The van der Waals surface area contributed by atoms with Crippen LogP contribution in [0.2, 0.25) is 0 Å². The number of allylic oxidation sites excluding steroid dienone is 1. The first kappa shape index (κ1) is 12.2. The standard InChI is InChI=1S/C18H19N/c1-2-3-9-17-16-10-5-4-7-14(16)11-12-15-8-6-13-19-18(15)17/h4-10,13H,2-3,11-12H2,1H3/b17-9-. The molecule has 0 unspecified atom stereocenters. The van der Waals surface area contributed by atoms with Crippen molar-refractivity contribution in [3.63, 3.8) is 0 Å². The highest BCUT2D eigenvalue weighted by Gasteiger charge is 2.17. The first-order chi connectivity index (χ1) is 9.40. The topological polar surface area (TPSA) is 12.9 Å². The number of aryl methyl sites for hydroxylation is 2. The van der Waals surface area contributed by atoms with Crippen LogP contribution in [0.3, 0.4) is 0 Å². The van der Waals surface area contributed by atoms with Gasteiger partial charge in [0.1, 0.15) is 0 Å². The van der Waals surface area contributed by atoms with E-state index in [-0.39, 0.29) is 0 Å². The molecule has 1 aromatic heterocycles. The van der Waals surface area contributed by atoms with Crippen molar-refractivity contribution in [2.75, 3.05) is 0 Å². The average Bonchev–Trinajstić information content (AvgIpc) is 2.62. The van der Waals surface area contributed by atoms with E-state index in [2.05, 4.69) is 48.3 Å². The van der Waals surface area contributed by atoms with Crippen LogP contribution < -0.4 is 0 Å². The van der Waals surface area contributed by atoms with Crippen LogP contribution in [0.4, 0.5) is 0 Å². The summed E-state index contributed by atoms with van der Waals surface area (Å²) in [5.74, 6) is 0. The Bertz CT molecular complexity index is 561. The summed E-state index contributed by atoms with van der Waals surface area (Å²) in [6.45, 7) is 2.22. The highest BCUT2D eigenvalue weighted by atomic mass is 14.7. The number of benzene rings is 1. The lowest BCUT2D eigenvalue weighted by Gasteiger charge is -2.10. The highest BCUT2D eigenvalue weighted by molar-refractivity contribution is 5.82. The van der Waals surface area contributed by atoms with Gasteiger partial charge >= 0.3 is 0 Å². The third kappa shape index (κ3) is 2.33. The van der Waals surface area contributed by atoms with Crippen LogP contribution in [0.15, 0.2) is 48.7 Å². The maximum Gasteiger partial charge on any atom is 0.0736 e. The first-order valence-electron chi connectivity index (χ1n) is 7.13. The molecule has 0 radical (unpaired) electrons. The summed E-state index contributed by atoms with van der Waals surface area (Å²) in [5.41, 5.74) is 6.70. The summed E-state index contributed by atoms with van der Waals surface area (Å²) in [7, 11) is 0. The molecule has 96 valence electrons. The molecular weight excluding hydrogens is 230 g/mol. The molecule has 0 amide bonds. The Kier molecular flexibility index (Phi) is 3.45. The van der Waals surface area contributed by atoms with Crippen molar-refractivity contribution in [1.82, 2.24) is 4.98 Å². The van der Waals surface area contributed by atoms with Gasteiger partial charge in [-0.05, 0) is 42.0 Å². The predicted octanol–water partition coefficient (Wildman–Crippen LogP) is 4.41. The quantitative estimate of drug-likeness (QED) is 0.768. The number of nitrogens with zero attached hydrogens (tertiary/aromatic N) is 1. The van der Waals surface area contributed by atoms with Gasteiger partial charge in [0.15, 0.2) is 0 Å². The molecule has 1 heterocycles. The first-order valence-corrected chi connectivity index (χ1v) is 7.13. The van der Waals surface area contributed by atoms with E-state index in [1.807, 2.05) is 12.3 Å². The highest BCUT2D eigenvalue weighted by Crippen LogP contribution is 2.32. The number of hydrogen-bond donors (Lipinski definition) is 0. The number of hydrogen-bond acceptors (Lipinski definition) is 1. The van der Waals surface area contributed by atoms with E-state index < -0.39 is 0 Å². The molecule has 0 saturated heterocycles. The zero-order valence-corrected chi connectivity index (χ0v) is 11.4. The lowest BCUT2D eigenvalue weighted by atomic mass is 9.96. The van der Waals surface area contributed by atoms with E-state index in [1.54, 1.807) is 0 Å². The summed E-state index contributed by atoms with van der Waals surface area (Å²) in [5, 5.41) is 0. The van der Waals surface area contributed by atoms with Crippen molar-refractivity contribution in [3.05, 3.63) is 71.1 Å². The van der Waals surface area contributed by atoms with Crippen LogP contribution in [0, 0.1) is 0 Å². The van der Waals surface area contributed by atoms with Gasteiger partial charge in [0, 0.05) is 11.8 Å². The normalized spacial score (nSPS) is 15.7. The van der Waals surface area contributed by atoms with E-state index >= 15 is 0 Å². The van der Waals surface area contributed by atoms with Gasteiger partial charge in [-0.3, -0.25) is 4.98 Å². The summed E-state index contributed by atoms with van der Waals surface area (Å²) in [6.07, 6.45) is 8.75. The fourth-order valence-corrected chi connectivity index (χ4v) is 2.78. The van der Waals surface area contributed by atoms with E-state index in [9.17, 15) is 0 Å². The van der Waals surface area contributed by atoms with Crippen molar-refractivity contribution in [1.29, 1.82) is 0 Å². The zero-order valence-electron chi connectivity index (χ0n) is 11.4. The molecule has 3 rings (SSSR count). The van der Waals surface area contributed by atoms with Gasteiger partial charge < -0.3 is 0 Å². The van der Waals surface area contributed by atoms with Crippen molar-refractivity contribution in [2.24, 2.45) is 0 Å².